The number of primary amides is 1. The standard InChI is InChI=1S/C33H35N7O9/c1-18(2)29(32(48)37-22(4-3-15-35-33(34)49)31(47)36-21-8-5-19(17-41)6-9-21)38-30(46)20-7-10-23(39-25(42)11-12-26(39)43)24(16-20)40-27(44)13-14-28(40)45/h5-14,16,18,22,29,41H,3-4,15,17H2,1-2H3,(H,36,47)(H,37,48)(H,38,46)(H3,34,35,49)/t22-,29-/m0/s1. The van der Waals surface area contributed by atoms with Crippen molar-refractivity contribution < 1.29 is 43.5 Å². The second kappa shape index (κ2) is 15.6. The highest BCUT2D eigenvalue weighted by Gasteiger charge is 2.35. The summed E-state index contributed by atoms with van der Waals surface area (Å²) in [6, 6.07) is 7.03. The second-order valence-corrected chi connectivity index (χ2v) is 11.4. The molecule has 2 aliphatic heterocycles. The minimum atomic E-state index is -1.18. The number of hydrogen-bond donors (Lipinski definition) is 6. The van der Waals surface area contributed by atoms with Crippen LogP contribution >= 0.6 is 0 Å². The lowest BCUT2D eigenvalue weighted by atomic mass is 10.0. The van der Waals surface area contributed by atoms with Crippen LogP contribution in [0.25, 0.3) is 0 Å². The van der Waals surface area contributed by atoms with Crippen LogP contribution in [0.1, 0.15) is 42.6 Å². The average molecular weight is 674 g/mol. The van der Waals surface area contributed by atoms with Crippen molar-refractivity contribution in [2.45, 2.75) is 45.4 Å². The molecule has 16 nitrogen and oxygen atoms in total. The molecular formula is C33H35N7O9. The fourth-order valence-electron chi connectivity index (χ4n) is 5.04. The van der Waals surface area contributed by atoms with Crippen molar-refractivity contribution >= 4 is 64.4 Å². The Bertz CT molecular complexity index is 1710. The summed E-state index contributed by atoms with van der Waals surface area (Å²) in [7, 11) is 0. The summed E-state index contributed by atoms with van der Waals surface area (Å²) in [5, 5.41) is 19.7. The molecule has 256 valence electrons. The van der Waals surface area contributed by atoms with Crippen LogP contribution in [0.5, 0.6) is 0 Å². The molecule has 7 N–H and O–H groups in total. The van der Waals surface area contributed by atoms with E-state index in [0.29, 0.717) is 16.2 Å². The highest BCUT2D eigenvalue weighted by atomic mass is 16.3. The molecule has 0 aliphatic carbocycles. The molecule has 2 heterocycles. The summed E-state index contributed by atoms with van der Waals surface area (Å²) < 4.78 is 0. The largest absolute Gasteiger partial charge is 0.392 e. The van der Waals surface area contributed by atoms with Crippen LogP contribution in [-0.2, 0) is 35.4 Å². The summed E-state index contributed by atoms with van der Waals surface area (Å²) in [5.41, 5.74) is 5.75. The molecule has 49 heavy (non-hydrogen) atoms. The van der Waals surface area contributed by atoms with Crippen LogP contribution in [0.2, 0.25) is 0 Å². The minimum Gasteiger partial charge on any atom is -0.392 e. The third kappa shape index (κ3) is 8.61. The number of aliphatic hydroxyl groups excluding tert-OH is 1. The van der Waals surface area contributed by atoms with Crippen LogP contribution in [0.3, 0.4) is 0 Å². The average Bonchev–Trinajstić information content (AvgIpc) is 3.58. The van der Waals surface area contributed by atoms with E-state index in [4.69, 9.17) is 5.73 Å². The fourth-order valence-corrected chi connectivity index (χ4v) is 5.04. The zero-order valence-corrected chi connectivity index (χ0v) is 26.6. The van der Waals surface area contributed by atoms with Gasteiger partial charge in [-0.15, -0.1) is 0 Å². The van der Waals surface area contributed by atoms with Crippen molar-refractivity contribution in [3.05, 3.63) is 77.9 Å². The maximum atomic E-state index is 13.6. The van der Waals surface area contributed by atoms with Crippen molar-refractivity contribution in [3.8, 4) is 0 Å². The Balaban J connectivity index is 1.55. The summed E-state index contributed by atoms with van der Waals surface area (Å²) in [5.74, 6) is -5.49. The first kappa shape index (κ1) is 35.7. The Morgan fingerprint density at radius 3 is 1.88 bits per heavy atom. The molecule has 0 bridgehead atoms. The number of nitrogens with zero attached hydrogens (tertiary/aromatic N) is 2. The Hall–Kier alpha value is -6.16. The monoisotopic (exact) mass is 673 g/mol. The lowest BCUT2D eigenvalue weighted by molar-refractivity contribution is -0.128. The molecule has 16 heteroatoms. The van der Waals surface area contributed by atoms with E-state index in [1.54, 1.807) is 38.1 Å². The molecular weight excluding hydrogens is 638 g/mol. The van der Waals surface area contributed by atoms with Gasteiger partial charge < -0.3 is 32.1 Å². The van der Waals surface area contributed by atoms with Crippen LogP contribution in [0.4, 0.5) is 21.9 Å². The zero-order valence-electron chi connectivity index (χ0n) is 26.6. The van der Waals surface area contributed by atoms with Gasteiger partial charge in [0.2, 0.25) is 11.8 Å². The van der Waals surface area contributed by atoms with Gasteiger partial charge in [-0.25, -0.2) is 14.6 Å². The SMILES string of the molecule is CC(C)[C@H](NC(=O)c1ccc(N2C(=O)C=CC2=O)c(N2C(=O)C=CC2=O)c1)C(=O)N[C@@H](CCCNC(N)=O)C(=O)Nc1ccc(CO)cc1. The van der Waals surface area contributed by atoms with Crippen molar-refractivity contribution in [2.75, 3.05) is 21.7 Å². The number of rotatable bonds is 14. The molecule has 2 aliphatic rings. The molecule has 2 aromatic carbocycles. The van der Waals surface area contributed by atoms with Gasteiger partial charge in [-0.1, -0.05) is 26.0 Å². The smallest absolute Gasteiger partial charge is 0.312 e. The second-order valence-electron chi connectivity index (χ2n) is 11.4. The fraction of sp³-hybridized carbons (Fsp3) is 0.273. The van der Waals surface area contributed by atoms with Gasteiger partial charge in [0.1, 0.15) is 12.1 Å². The quantitative estimate of drug-likeness (QED) is 0.120. The number of nitrogens with one attached hydrogen (secondary N) is 4. The number of carbonyl (C=O) groups excluding carboxylic acids is 8. The summed E-state index contributed by atoms with van der Waals surface area (Å²) in [6.45, 7) is 3.27. The van der Waals surface area contributed by atoms with E-state index >= 15 is 0 Å². The molecule has 9 amide bonds. The van der Waals surface area contributed by atoms with Gasteiger partial charge in [0.15, 0.2) is 0 Å². The predicted octanol–water partition coefficient (Wildman–Crippen LogP) is 0.364. The zero-order chi connectivity index (χ0) is 35.8. The molecule has 0 fully saturated rings. The molecule has 0 spiro atoms. The van der Waals surface area contributed by atoms with E-state index in [9.17, 15) is 43.5 Å². The molecule has 4 rings (SSSR count). The lowest BCUT2D eigenvalue weighted by Crippen LogP contribution is -2.54. The molecule has 0 saturated carbocycles. The first-order valence-electron chi connectivity index (χ1n) is 15.2. The van der Waals surface area contributed by atoms with Gasteiger partial charge in [-0.2, -0.15) is 0 Å². The summed E-state index contributed by atoms with van der Waals surface area (Å²) in [4.78, 5) is 103. The number of nitrogens with two attached hydrogens (primary N) is 1. The van der Waals surface area contributed by atoms with E-state index in [-0.39, 0.29) is 42.9 Å². The number of carbonyl (C=O) groups is 8. The van der Waals surface area contributed by atoms with Crippen LogP contribution in [-0.4, -0.2) is 71.1 Å². The van der Waals surface area contributed by atoms with Gasteiger partial charge in [-0.3, -0.25) is 33.6 Å². The first-order chi connectivity index (χ1) is 23.3. The number of amides is 9. The molecule has 0 saturated heterocycles. The van der Waals surface area contributed by atoms with E-state index in [1.165, 1.54) is 12.1 Å². The van der Waals surface area contributed by atoms with Crippen LogP contribution in [0.15, 0.2) is 66.8 Å². The number of anilines is 3. The first-order valence-corrected chi connectivity index (χ1v) is 15.2. The third-order valence-electron chi connectivity index (χ3n) is 7.58. The van der Waals surface area contributed by atoms with E-state index < -0.39 is 65.4 Å². The number of benzene rings is 2. The normalized spacial score (nSPS) is 15.1. The van der Waals surface area contributed by atoms with Crippen LogP contribution < -0.4 is 36.8 Å². The van der Waals surface area contributed by atoms with Gasteiger partial charge in [0.25, 0.3) is 29.5 Å². The number of imide groups is 2. The molecule has 2 aromatic rings. The van der Waals surface area contributed by atoms with Crippen molar-refractivity contribution in [2.24, 2.45) is 11.7 Å². The predicted molar refractivity (Wildman–Crippen MR) is 176 cm³/mol. The molecule has 0 aromatic heterocycles. The Morgan fingerprint density at radius 2 is 1.35 bits per heavy atom. The summed E-state index contributed by atoms with van der Waals surface area (Å²) >= 11 is 0. The topological polar surface area (TPSA) is 237 Å². The number of hydrogen-bond acceptors (Lipinski definition) is 9. The molecule has 0 radical (unpaired) electrons. The molecule has 0 unspecified atom stereocenters. The van der Waals surface area contributed by atoms with Crippen molar-refractivity contribution in [1.29, 1.82) is 0 Å². The van der Waals surface area contributed by atoms with E-state index in [1.807, 2.05) is 0 Å². The van der Waals surface area contributed by atoms with E-state index in [2.05, 4.69) is 21.3 Å². The maximum Gasteiger partial charge on any atom is 0.312 e. The van der Waals surface area contributed by atoms with Gasteiger partial charge in [0.05, 0.1) is 18.0 Å². The molecule has 2 atom stereocenters. The maximum absolute atomic E-state index is 13.6. The number of aliphatic hydroxyl groups is 1. The summed E-state index contributed by atoms with van der Waals surface area (Å²) in [6.07, 6.45) is 4.41. The van der Waals surface area contributed by atoms with Crippen molar-refractivity contribution in [3.63, 3.8) is 0 Å². The Morgan fingerprint density at radius 1 is 0.776 bits per heavy atom. The van der Waals surface area contributed by atoms with Crippen molar-refractivity contribution in [1.82, 2.24) is 16.0 Å². The lowest BCUT2D eigenvalue weighted by Gasteiger charge is -2.26. The number of urea groups is 1. The van der Waals surface area contributed by atoms with Crippen LogP contribution in [0, 0.1) is 5.92 Å². The Labute approximate surface area is 280 Å². The van der Waals surface area contributed by atoms with Gasteiger partial charge >= 0.3 is 6.03 Å². The Kier molecular flexibility index (Phi) is 11.4. The van der Waals surface area contributed by atoms with Gasteiger partial charge in [0, 0.05) is 42.1 Å². The van der Waals surface area contributed by atoms with E-state index in [0.717, 1.165) is 35.3 Å². The highest BCUT2D eigenvalue weighted by Crippen LogP contribution is 2.34. The van der Waals surface area contributed by atoms with Gasteiger partial charge in [-0.05, 0) is 54.7 Å². The minimum absolute atomic E-state index is 0.0882. The third-order valence-corrected chi connectivity index (χ3v) is 7.58. The highest BCUT2D eigenvalue weighted by molar-refractivity contribution is 6.33.